The number of aliphatic hydroxyl groups is 1. The Balaban J connectivity index is 0. The number of hydrogen-bond donors (Lipinski definition) is 1. The second-order valence-electron chi connectivity index (χ2n) is 4.38. The van der Waals surface area contributed by atoms with E-state index >= 15 is 0 Å². The summed E-state index contributed by atoms with van der Waals surface area (Å²) in [5, 5.41) is 8.49. The van der Waals surface area contributed by atoms with Crippen molar-refractivity contribution >= 4 is 0 Å². The van der Waals surface area contributed by atoms with Gasteiger partial charge in [0, 0.05) is 34.9 Å². The van der Waals surface area contributed by atoms with E-state index < -0.39 is 0 Å². The Morgan fingerprint density at radius 2 is 1.35 bits per heavy atom. The average Bonchev–Trinajstić information content (AvgIpc) is 2.25. The molecule has 0 spiro atoms. The zero-order chi connectivity index (χ0) is 12.1. The van der Waals surface area contributed by atoms with Gasteiger partial charge in [-0.15, -0.1) is 0 Å². The minimum absolute atomic E-state index is 0. The third-order valence-corrected chi connectivity index (χ3v) is 2.37. The summed E-state index contributed by atoms with van der Waals surface area (Å²) < 4.78 is 10.7. The second-order valence-corrected chi connectivity index (χ2v) is 4.38. The van der Waals surface area contributed by atoms with E-state index in [1.54, 1.807) is 0 Å². The molecule has 0 rings (SSSR count). The molecular weight excluding hydrogens is 252 g/mol. The van der Waals surface area contributed by atoms with Crippen molar-refractivity contribution in [3.05, 3.63) is 0 Å². The Kier molecular flexibility index (Phi) is 19.4. The molecule has 0 aromatic carbocycles. The van der Waals surface area contributed by atoms with Gasteiger partial charge in [0.1, 0.15) is 0 Å². The fourth-order valence-corrected chi connectivity index (χ4v) is 1.50. The van der Waals surface area contributed by atoms with E-state index in [0.29, 0.717) is 12.7 Å². The molecule has 0 heterocycles. The van der Waals surface area contributed by atoms with Crippen LogP contribution in [0.3, 0.4) is 0 Å². The second kappa shape index (κ2) is 16.6. The van der Waals surface area contributed by atoms with Gasteiger partial charge in [0.25, 0.3) is 0 Å². The van der Waals surface area contributed by atoms with Crippen LogP contribution in [0.1, 0.15) is 52.4 Å². The first kappa shape index (κ1) is 19.9. The van der Waals surface area contributed by atoms with Crippen molar-refractivity contribution in [1.82, 2.24) is 0 Å². The van der Waals surface area contributed by atoms with Crippen molar-refractivity contribution in [2.24, 2.45) is 0 Å². The fourth-order valence-electron chi connectivity index (χ4n) is 1.50. The largest absolute Gasteiger partial charge is 0.394 e. The molecule has 0 atom stereocenters. The standard InChI is InChI=1S/C13H28O3.Ti/c1-13(2)16-11-8-6-4-3-5-7-10-15-12-9-14;/h13-14H,3-12H2,1-2H3;. The summed E-state index contributed by atoms with van der Waals surface area (Å²) in [5.74, 6) is 0. The molecule has 0 unspecified atom stereocenters. The summed E-state index contributed by atoms with van der Waals surface area (Å²) in [7, 11) is 0. The van der Waals surface area contributed by atoms with Gasteiger partial charge in [0.05, 0.1) is 19.3 Å². The van der Waals surface area contributed by atoms with Crippen LogP contribution < -0.4 is 0 Å². The van der Waals surface area contributed by atoms with Gasteiger partial charge in [-0.05, 0) is 26.7 Å². The van der Waals surface area contributed by atoms with Crippen molar-refractivity contribution in [3.8, 4) is 0 Å². The SMILES string of the molecule is CC(C)OCCCCCCCCOCCO.[Ti]. The first-order valence-electron chi connectivity index (χ1n) is 6.57. The quantitative estimate of drug-likeness (QED) is 0.441. The molecule has 0 fully saturated rings. The van der Waals surface area contributed by atoms with Crippen molar-refractivity contribution in [3.63, 3.8) is 0 Å². The Morgan fingerprint density at radius 3 is 1.88 bits per heavy atom. The summed E-state index contributed by atoms with van der Waals surface area (Å²) in [6.07, 6.45) is 7.73. The molecule has 102 valence electrons. The van der Waals surface area contributed by atoms with Crippen LogP contribution in [-0.4, -0.2) is 37.6 Å². The smallest absolute Gasteiger partial charge is 0.0697 e. The molecule has 1 N–H and O–H groups in total. The van der Waals surface area contributed by atoms with E-state index in [2.05, 4.69) is 13.8 Å². The van der Waals surface area contributed by atoms with E-state index in [0.717, 1.165) is 19.6 Å². The normalized spacial score (nSPS) is 10.6. The molecule has 0 aliphatic carbocycles. The van der Waals surface area contributed by atoms with Crippen molar-refractivity contribution in [1.29, 1.82) is 0 Å². The maximum Gasteiger partial charge on any atom is 0.0697 e. The third-order valence-electron chi connectivity index (χ3n) is 2.37. The Morgan fingerprint density at radius 1 is 0.824 bits per heavy atom. The summed E-state index contributed by atoms with van der Waals surface area (Å²) in [6.45, 7) is 6.45. The topological polar surface area (TPSA) is 38.7 Å². The van der Waals surface area contributed by atoms with E-state index in [1.807, 2.05) is 0 Å². The van der Waals surface area contributed by atoms with E-state index in [1.165, 1.54) is 32.1 Å². The van der Waals surface area contributed by atoms with Crippen LogP contribution in [0, 0.1) is 0 Å². The van der Waals surface area contributed by atoms with Crippen LogP contribution in [0.25, 0.3) is 0 Å². The van der Waals surface area contributed by atoms with Gasteiger partial charge in [-0.3, -0.25) is 0 Å². The van der Waals surface area contributed by atoms with Crippen LogP contribution >= 0.6 is 0 Å². The molecule has 4 heteroatoms. The van der Waals surface area contributed by atoms with Gasteiger partial charge in [0.15, 0.2) is 0 Å². The fraction of sp³-hybridized carbons (Fsp3) is 1.00. The average molecular weight is 280 g/mol. The number of ether oxygens (including phenoxy) is 2. The summed E-state index contributed by atoms with van der Waals surface area (Å²) >= 11 is 0. The molecule has 0 aromatic heterocycles. The molecule has 17 heavy (non-hydrogen) atoms. The minimum atomic E-state index is 0. The first-order chi connectivity index (χ1) is 7.77. The molecule has 0 bridgehead atoms. The molecular formula is C13H28O3Ti. The van der Waals surface area contributed by atoms with Crippen LogP contribution in [0.15, 0.2) is 0 Å². The minimum Gasteiger partial charge on any atom is -0.394 e. The van der Waals surface area contributed by atoms with Gasteiger partial charge in [-0.25, -0.2) is 0 Å². The zero-order valence-corrected chi connectivity index (χ0v) is 13.0. The predicted octanol–water partition coefficient (Wildman–Crippen LogP) is 2.76. The predicted molar refractivity (Wildman–Crippen MR) is 66.7 cm³/mol. The molecule has 0 amide bonds. The van der Waals surface area contributed by atoms with Gasteiger partial charge >= 0.3 is 0 Å². The summed E-state index contributed by atoms with van der Waals surface area (Å²) in [6, 6.07) is 0. The van der Waals surface area contributed by atoms with E-state index in [4.69, 9.17) is 14.6 Å². The first-order valence-corrected chi connectivity index (χ1v) is 6.57. The maximum atomic E-state index is 8.49. The van der Waals surface area contributed by atoms with Gasteiger partial charge in [-0.1, -0.05) is 25.7 Å². The molecule has 0 aliphatic rings. The van der Waals surface area contributed by atoms with Gasteiger partial charge in [-0.2, -0.15) is 0 Å². The van der Waals surface area contributed by atoms with Crippen LogP contribution in [0.4, 0.5) is 0 Å². The zero-order valence-electron chi connectivity index (χ0n) is 11.4. The number of unbranched alkanes of at least 4 members (excludes halogenated alkanes) is 5. The van der Waals surface area contributed by atoms with Crippen molar-refractivity contribution in [2.45, 2.75) is 58.5 Å². The molecule has 0 radical (unpaired) electrons. The number of rotatable bonds is 12. The molecule has 0 aliphatic heterocycles. The van der Waals surface area contributed by atoms with Gasteiger partial charge in [0.2, 0.25) is 0 Å². The molecule has 0 aromatic rings. The number of hydrogen-bond acceptors (Lipinski definition) is 3. The van der Waals surface area contributed by atoms with Crippen LogP contribution in [0.5, 0.6) is 0 Å². The monoisotopic (exact) mass is 280 g/mol. The summed E-state index contributed by atoms with van der Waals surface area (Å²) in [5.41, 5.74) is 0. The molecule has 3 nitrogen and oxygen atoms in total. The van der Waals surface area contributed by atoms with Gasteiger partial charge < -0.3 is 14.6 Å². The maximum absolute atomic E-state index is 8.49. The Hall–Kier alpha value is 0.594. The van der Waals surface area contributed by atoms with Crippen LogP contribution in [0.2, 0.25) is 0 Å². The molecule has 0 saturated heterocycles. The van der Waals surface area contributed by atoms with Crippen molar-refractivity contribution < 1.29 is 36.3 Å². The number of aliphatic hydroxyl groups excluding tert-OH is 1. The molecule has 0 saturated carbocycles. The summed E-state index contributed by atoms with van der Waals surface area (Å²) in [4.78, 5) is 0. The third kappa shape index (κ3) is 19.1. The Labute approximate surface area is 121 Å². The Bertz CT molecular complexity index is 132. The van der Waals surface area contributed by atoms with E-state index in [-0.39, 0.29) is 28.3 Å². The van der Waals surface area contributed by atoms with Crippen LogP contribution in [-0.2, 0) is 31.2 Å². The van der Waals surface area contributed by atoms with E-state index in [9.17, 15) is 0 Å². The van der Waals surface area contributed by atoms with Crippen molar-refractivity contribution in [2.75, 3.05) is 26.4 Å².